The molecule has 1 N–H and O–H groups in total. The van der Waals surface area contributed by atoms with Crippen molar-refractivity contribution in [2.24, 2.45) is 5.92 Å². The van der Waals surface area contributed by atoms with Gasteiger partial charge in [-0.05, 0) is 37.0 Å². The van der Waals surface area contributed by atoms with E-state index in [0.717, 1.165) is 4.90 Å². The normalized spacial score (nSPS) is 17.6. The summed E-state index contributed by atoms with van der Waals surface area (Å²) in [5.41, 5.74) is 1.11. The molecule has 3 amide bonds. The first-order valence-electron chi connectivity index (χ1n) is 6.32. The van der Waals surface area contributed by atoms with E-state index < -0.39 is 0 Å². The van der Waals surface area contributed by atoms with Crippen LogP contribution in [-0.4, -0.2) is 36.2 Å². The van der Waals surface area contributed by atoms with Crippen molar-refractivity contribution in [3.05, 3.63) is 34.9 Å². The molecule has 0 aromatic heterocycles. The van der Waals surface area contributed by atoms with Crippen molar-refractivity contribution in [2.75, 3.05) is 13.6 Å². The van der Waals surface area contributed by atoms with Gasteiger partial charge in [0.15, 0.2) is 0 Å². The Labute approximate surface area is 110 Å². The molecule has 1 fully saturated rings. The summed E-state index contributed by atoms with van der Waals surface area (Å²) >= 11 is 0. The molecule has 0 saturated heterocycles. The van der Waals surface area contributed by atoms with E-state index in [1.54, 1.807) is 12.1 Å². The molecule has 0 bridgehead atoms. The highest BCUT2D eigenvalue weighted by Gasteiger charge is 2.33. The third-order valence-electron chi connectivity index (χ3n) is 3.60. The Morgan fingerprint density at radius 3 is 2.63 bits per heavy atom. The maximum atomic E-state index is 11.9. The van der Waals surface area contributed by atoms with Crippen LogP contribution in [0.15, 0.2) is 18.2 Å². The van der Waals surface area contributed by atoms with Crippen molar-refractivity contribution in [3.8, 4) is 0 Å². The number of rotatable bonds is 3. The van der Waals surface area contributed by atoms with Gasteiger partial charge >= 0.3 is 0 Å². The first kappa shape index (κ1) is 11.9. The summed E-state index contributed by atoms with van der Waals surface area (Å²) in [4.78, 5) is 36.5. The molecule has 3 rings (SSSR count). The first-order chi connectivity index (χ1) is 9.08. The van der Waals surface area contributed by atoms with Gasteiger partial charge in [0.25, 0.3) is 17.7 Å². The summed E-state index contributed by atoms with van der Waals surface area (Å²) in [5, 5.41) is 2.84. The Hall–Kier alpha value is -2.17. The number of amides is 3. The van der Waals surface area contributed by atoms with E-state index in [1.807, 2.05) is 0 Å². The summed E-state index contributed by atoms with van der Waals surface area (Å²) in [6.45, 7) is 0.683. The topological polar surface area (TPSA) is 66.5 Å². The van der Waals surface area contributed by atoms with Crippen LogP contribution in [0.3, 0.4) is 0 Å². The Morgan fingerprint density at radius 1 is 1.26 bits per heavy atom. The van der Waals surface area contributed by atoms with E-state index in [0.29, 0.717) is 29.2 Å². The molecule has 1 saturated carbocycles. The van der Waals surface area contributed by atoms with Crippen molar-refractivity contribution in [1.29, 1.82) is 0 Å². The van der Waals surface area contributed by atoms with Gasteiger partial charge < -0.3 is 5.32 Å². The predicted molar refractivity (Wildman–Crippen MR) is 67.9 cm³/mol. The molecule has 1 aliphatic heterocycles. The van der Waals surface area contributed by atoms with Gasteiger partial charge in [-0.15, -0.1) is 0 Å². The molecule has 98 valence electrons. The molecule has 5 heteroatoms. The van der Waals surface area contributed by atoms with Crippen molar-refractivity contribution in [2.45, 2.75) is 12.8 Å². The summed E-state index contributed by atoms with van der Waals surface area (Å²) in [6.07, 6.45) is 2.34. The van der Waals surface area contributed by atoms with Gasteiger partial charge in [-0.2, -0.15) is 0 Å². The van der Waals surface area contributed by atoms with Crippen LogP contribution in [0.5, 0.6) is 0 Å². The molecule has 1 heterocycles. The summed E-state index contributed by atoms with van der Waals surface area (Å²) < 4.78 is 0. The fraction of sp³-hybridized carbons (Fsp3) is 0.357. The molecule has 1 aromatic rings. The fourth-order valence-electron chi connectivity index (χ4n) is 2.16. The Morgan fingerprint density at radius 2 is 1.95 bits per heavy atom. The number of fused-ring (bicyclic) bond motifs is 1. The highest BCUT2D eigenvalue weighted by molar-refractivity contribution is 6.21. The van der Waals surface area contributed by atoms with Crippen LogP contribution in [0.4, 0.5) is 0 Å². The van der Waals surface area contributed by atoms with Crippen molar-refractivity contribution < 1.29 is 14.4 Å². The zero-order valence-electron chi connectivity index (χ0n) is 10.6. The summed E-state index contributed by atoms with van der Waals surface area (Å²) in [6, 6.07) is 4.64. The average molecular weight is 258 g/mol. The second-order valence-electron chi connectivity index (χ2n) is 5.08. The lowest BCUT2D eigenvalue weighted by molar-refractivity contribution is 0.0693. The Bertz CT molecular complexity index is 590. The fourth-order valence-corrected chi connectivity index (χ4v) is 2.16. The highest BCUT2D eigenvalue weighted by atomic mass is 16.2. The second-order valence-corrected chi connectivity index (χ2v) is 5.08. The van der Waals surface area contributed by atoms with Crippen LogP contribution in [0.2, 0.25) is 0 Å². The highest BCUT2D eigenvalue weighted by Crippen LogP contribution is 2.28. The third-order valence-corrected chi connectivity index (χ3v) is 3.60. The van der Waals surface area contributed by atoms with Gasteiger partial charge in [-0.3, -0.25) is 19.3 Å². The summed E-state index contributed by atoms with van der Waals surface area (Å²) in [7, 11) is 1.44. The number of carbonyl (C=O) groups is 3. The molecular formula is C14H14N2O3. The molecule has 0 unspecified atom stereocenters. The molecular weight excluding hydrogens is 244 g/mol. The van der Waals surface area contributed by atoms with E-state index in [-0.39, 0.29) is 17.7 Å². The van der Waals surface area contributed by atoms with Crippen LogP contribution in [0.1, 0.15) is 43.9 Å². The molecule has 0 atom stereocenters. The van der Waals surface area contributed by atoms with E-state index in [1.165, 1.54) is 26.0 Å². The molecule has 1 aliphatic carbocycles. The average Bonchev–Trinajstić information content (AvgIpc) is 3.22. The molecule has 0 spiro atoms. The van der Waals surface area contributed by atoms with E-state index in [2.05, 4.69) is 5.32 Å². The van der Waals surface area contributed by atoms with Crippen LogP contribution < -0.4 is 5.32 Å². The van der Waals surface area contributed by atoms with Crippen LogP contribution in [0.25, 0.3) is 0 Å². The molecule has 19 heavy (non-hydrogen) atoms. The third kappa shape index (κ3) is 2.01. The maximum Gasteiger partial charge on any atom is 0.261 e. The minimum Gasteiger partial charge on any atom is -0.352 e. The summed E-state index contributed by atoms with van der Waals surface area (Å²) in [5.74, 6) is -0.251. The van der Waals surface area contributed by atoms with Gasteiger partial charge in [0.1, 0.15) is 0 Å². The lowest BCUT2D eigenvalue weighted by atomic mass is 10.1. The lowest BCUT2D eigenvalue weighted by Gasteiger charge is -2.05. The zero-order chi connectivity index (χ0) is 13.6. The van der Waals surface area contributed by atoms with E-state index in [9.17, 15) is 14.4 Å². The number of hydrogen-bond acceptors (Lipinski definition) is 3. The molecule has 1 aromatic carbocycles. The zero-order valence-corrected chi connectivity index (χ0v) is 10.6. The Balaban J connectivity index is 1.83. The van der Waals surface area contributed by atoms with Gasteiger partial charge in [-0.25, -0.2) is 0 Å². The van der Waals surface area contributed by atoms with Crippen molar-refractivity contribution in [1.82, 2.24) is 10.2 Å². The minimum atomic E-state index is -0.350. The number of hydrogen-bond donors (Lipinski definition) is 1. The molecule has 5 nitrogen and oxygen atoms in total. The van der Waals surface area contributed by atoms with Crippen LogP contribution in [0, 0.1) is 5.92 Å². The van der Waals surface area contributed by atoms with E-state index >= 15 is 0 Å². The SMILES string of the molecule is CN1C(=O)c2ccc(C(=O)NCC3CC3)cc2C1=O. The lowest BCUT2D eigenvalue weighted by Crippen LogP contribution is -2.25. The maximum absolute atomic E-state index is 11.9. The van der Waals surface area contributed by atoms with Gasteiger partial charge in [0.05, 0.1) is 11.1 Å². The molecule has 0 radical (unpaired) electrons. The number of nitrogens with one attached hydrogen (secondary N) is 1. The van der Waals surface area contributed by atoms with Crippen molar-refractivity contribution >= 4 is 17.7 Å². The van der Waals surface area contributed by atoms with Gasteiger partial charge in [-0.1, -0.05) is 0 Å². The number of nitrogens with zero attached hydrogens (tertiary/aromatic N) is 1. The largest absolute Gasteiger partial charge is 0.352 e. The van der Waals surface area contributed by atoms with Gasteiger partial charge in [0, 0.05) is 19.2 Å². The van der Waals surface area contributed by atoms with Crippen molar-refractivity contribution in [3.63, 3.8) is 0 Å². The number of imide groups is 1. The standard InChI is InChI=1S/C14H14N2O3/c1-16-13(18)10-5-4-9(6-11(10)14(16)19)12(17)15-7-8-2-3-8/h4-6,8H,2-3,7H2,1H3,(H,15,17). The minimum absolute atomic E-state index is 0.190. The second kappa shape index (κ2) is 4.19. The predicted octanol–water partition coefficient (Wildman–Crippen LogP) is 1.05. The Kier molecular flexibility index (Phi) is 2.62. The monoisotopic (exact) mass is 258 g/mol. The van der Waals surface area contributed by atoms with Gasteiger partial charge in [0.2, 0.25) is 0 Å². The van der Waals surface area contributed by atoms with Crippen LogP contribution in [-0.2, 0) is 0 Å². The quantitative estimate of drug-likeness (QED) is 0.824. The number of benzene rings is 1. The molecule has 2 aliphatic rings. The van der Waals surface area contributed by atoms with E-state index in [4.69, 9.17) is 0 Å². The van der Waals surface area contributed by atoms with Crippen LogP contribution >= 0.6 is 0 Å². The smallest absolute Gasteiger partial charge is 0.261 e. The first-order valence-corrected chi connectivity index (χ1v) is 6.32. The number of carbonyl (C=O) groups excluding carboxylic acids is 3.